The van der Waals surface area contributed by atoms with E-state index in [0.717, 1.165) is 23.5 Å². The minimum absolute atomic E-state index is 0.599. The molecule has 5 nitrogen and oxygen atoms in total. The lowest BCUT2D eigenvalue weighted by Crippen LogP contribution is -2.08. The number of methoxy groups -OCH3 is 2. The number of nitrogens with zero attached hydrogens (tertiary/aromatic N) is 2. The van der Waals surface area contributed by atoms with Crippen LogP contribution >= 0.6 is 0 Å². The molecule has 1 aromatic carbocycles. The smallest absolute Gasteiger partial charge is 0.161 e. The summed E-state index contributed by atoms with van der Waals surface area (Å²) in [6, 6.07) is 5.39. The number of aliphatic hydroxyl groups is 1. The van der Waals surface area contributed by atoms with Crippen LogP contribution in [0.1, 0.15) is 30.1 Å². The summed E-state index contributed by atoms with van der Waals surface area (Å²) in [7, 11) is 5.07. The van der Waals surface area contributed by atoms with Crippen molar-refractivity contribution in [3.05, 3.63) is 41.5 Å². The SMILES string of the molecule is CCc1ncc(C(O)c2ccc(OC)c(OC)c2)n1C. The van der Waals surface area contributed by atoms with Crippen molar-refractivity contribution in [3.8, 4) is 11.5 Å². The molecule has 1 heterocycles. The molecule has 2 rings (SSSR count). The lowest BCUT2D eigenvalue weighted by molar-refractivity contribution is 0.210. The summed E-state index contributed by atoms with van der Waals surface area (Å²) in [6.07, 6.45) is 1.79. The zero-order chi connectivity index (χ0) is 14.7. The standard InChI is InChI=1S/C15H20N2O3/c1-5-14-16-9-11(17(14)2)15(18)10-6-7-12(19-3)13(8-10)20-4/h6-9,15,18H,5H2,1-4H3. The zero-order valence-electron chi connectivity index (χ0n) is 12.3. The van der Waals surface area contributed by atoms with Crippen LogP contribution in [0.4, 0.5) is 0 Å². The van der Waals surface area contributed by atoms with Gasteiger partial charge in [-0.05, 0) is 17.7 Å². The van der Waals surface area contributed by atoms with Crippen LogP contribution in [0.5, 0.6) is 11.5 Å². The van der Waals surface area contributed by atoms with Gasteiger partial charge in [-0.1, -0.05) is 13.0 Å². The van der Waals surface area contributed by atoms with Crippen LogP contribution in [0.25, 0.3) is 0 Å². The minimum Gasteiger partial charge on any atom is -0.493 e. The molecule has 1 N–H and O–H groups in total. The van der Waals surface area contributed by atoms with E-state index in [1.165, 1.54) is 0 Å². The summed E-state index contributed by atoms with van der Waals surface area (Å²) >= 11 is 0. The number of ether oxygens (including phenoxy) is 2. The highest BCUT2D eigenvalue weighted by Crippen LogP contribution is 2.32. The number of benzene rings is 1. The first-order valence-corrected chi connectivity index (χ1v) is 6.52. The van der Waals surface area contributed by atoms with Gasteiger partial charge in [0.2, 0.25) is 0 Å². The number of aromatic nitrogens is 2. The fraction of sp³-hybridized carbons (Fsp3) is 0.400. The zero-order valence-corrected chi connectivity index (χ0v) is 12.3. The van der Waals surface area contributed by atoms with E-state index in [9.17, 15) is 5.11 Å². The van der Waals surface area contributed by atoms with E-state index in [1.54, 1.807) is 32.5 Å². The molecule has 0 radical (unpaired) electrons. The Kier molecular flexibility index (Phi) is 4.29. The third kappa shape index (κ3) is 2.49. The third-order valence-corrected chi connectivity index (χ3v) is 3.44. The first kappa shape index (κ1) is 14.4. The van der Waals surface area contributed by atoms with Gasteiger partial charge in [-0.25, -0.2) is 4.98 Å². The maximum absolute atomic E-state index is 10.5. The molecular weight excluding hydrogens is 256 g/mol. The molecule has 2 aromatic rings. The van der Waals surface area contributed by atoms with Gasteiger partial charge in [0.25, 0.3) is 0 Å². The van der Waals surface area contributed by atoms with Crippen molar-refractivity contribution in [2.75, 3.05) is 14.2 Å². The normalized spacial score (nSPS) is 12.2. The number of rotatable bonds is 5. The Morgan fingerprint density at radius 2 is 1.95 bits per heavy atom. The summed E-state index contributed by atoms with van der Waals surface area (Å²) in [6.45, 7) is 2.04. The van der Waals surface area contributed by atoms with E-state index in [0.29, 0.717) is 11.5 Å². The van der Waals surface area contributed by atoms with E-state index in [4.69, 9.17) is 9.47 Å². The van der Waals surface area contributed by atoms with Crippen molar-refractivity contribution < 1.29 is 14.6 Å². The van der Waals surface area contributed by atoms with Crippen molar-refractivity contribution in [1.82, 2.24) is 9.55 Å². The molecule has 1 unspecified atom stereocenters. The highest BCUT2D eigenvalue weighted by molar-refractivity contribution is 5.44. The fourth-order valence-electron chi connectivity index (χ4n) is 2.24. The predicted molar refractivity (Wildman–Crippen MR) is 76.2 cm³/mol. The van der Waals surface area contributed by atoms with E-state index < -0.39 is 6.10 Å². The van der Waals surface area contributed by atoms with Gasteiger partial charge in [-0.15, -0.1) is 0 Å². The van der Waals surface area contributed by atoms with Gasteiger partial charge in [0.15, 0.2) is 11.5 Å². The summed E-state index contributed by atoms with van der Waals surface area (Å²) in [5.41, 5.74) is 1.50. The molecule has 0 saturated heterocycles. The molecule has 108 valence electrons. The molecule has 0 bridgehead atoms. The number of aliphatic hydroxyl groups excluding tert-OH is 1. The Balaban J connectivity index is 2.37. The molecule has 0 fully saturated rings. The van der Waals surface area contributed by atoms with Gasteiger partial charge in [-0.3, -0.25) is 0 Å². The first-order chi connectivity index (χ1) is 9.62. The van der Waals surface area contributed by atoms with Crippen molar-refractivity contribution >= 4 is 0 Å². The van der Waals surface area contributed by atoms with Gasteiger partial charge in [0.05, 0.1) is 26.1 Å². The molecule has 0 aliphatic carbocycles. The van der Waals surface area contributed by atoms with Crippen LogP contribution in [0.2, 0.25) is 0 Å². The maximum atomic E-state index is 10.5. The van der Waals surface area contributed by atoms with E-state index in [-0.39, 0.29) is 0 Å². The molecule has 20 heavy (non-hydrogen) atoms. The summed E-state index contributed by atoms with van der Waals surface area (Å²) in [5, 5.41) is 10.5. The Bertz CT molecular complexity index is 593. The molecule has 0 saturated carbocycles. The first-order valence-electron chi connectivity index (χ1n) is 6.52. The quantitative estimate of drug-likeness (QED) is 0.908. The monoisotopic (exact) mass is 276 g/mol. The second kappa shape index (κ2) is 5.96. The summed E-state index contributed by atoms with van der Waals surface area (Å²) in [5.74, 6) is 2.18. The van der Waals surface area contributed by atoms with Crippen LogP contribution < -0.4 is 9.47 Å². The summed E-state index contributed by atoms with van der Waals surface area (Å²) in [4.78, 5) is 4.30. The Morgan fingerprint density at radius 1 is 1.25 bits per heavy atom. The van der Waals surface area contributed by atoms with E-state index in [1.807, 2.05) is 24.6 Å². The highest BCUT2D eigenvalue weighted by atomic mass is 16.5. The molecular formula is C15H20N2O3. The predicted octanol–water partition coefficient (Wildman–Crippen LogP) is 2.08. The Hall–Kier alpha value is -2.01. The highest BCUT2D eigenvalue weighted by Gasteiger charge is 2.18. The van der Waals surface area contributed by atoms with Crippen molar-refractivity contribution in [2.45, 2.75) is 19.4 Å². The topological polar surface area (TPSA) is 56.5 Å². The van der Waals surface area contributed by atoms with E-state index >= 15 is 0 Å². The van der Waals surface area contributed by atoms with Gasteiger partial charge >= 0.3 is 0 Å². The fourth-order valence-corrected chi connectivity index (χ4v) is 2.24. The average molecular weight is 276 g/mol. The van der Waals surface area contributed by atoms with Crippen LogP contribution in [-0.2, 0) is 13.5 Å². The van der Waals surface area contributed by atoms with Crippen molar-refractivity contribution in [2.24, 2.45) is 7.05 Å². The number of hydrogen-bond donors (Lipinski definition) is 1. The molecule has 0 aliphatic rings. The minimum atomic E-state index is -0.743. The van der Waals surface area contributed by atoms with Gasteiger partial charge in [0.1, 0.15) is 11.9 Å². The van der Waals surface area contributed by atoms with Crippen LogP contribution in [-0.4, -0.2) is 28.9 Å². The average Bonchev–Trinajstić information content (AvgIpc) is 2.86. The molecule has 0 spiro atoms. The molecule has 0 aliphatic heterocycles. The molecule has 1 atom stereocenters. The van der Waals surface area contributed by atoms with Crippen LogP contribution in [0.3, 0.4) is 0 Å². The van der Waals surface area contributed by atoms with Gasteiger partial charge < -0.3 is 19.1 Å². The second-order valence-corrected chi connectivity index (χ2v) is 4.53. The van der Waals surface area contributed by atoms with E-state index in [2.05, 4.69) is 4.98 Å². The third-order valence-electron chi connectivity index (χ3n) is 3.44. The Morgan fingerprint density at radius 3 is 2.50 bits per heavy atom. The molecule has 5 heteroatoms. The molecule has 0 amide bonds. The largest absolute Gasteiger partial charge is 0.493 e. The van der Waals surface area contributed by atoms with Crippen LogP contribution in [0, 0.1) is 0 Å². The lowest BCUT2D eigenvalue weighted by atomic mass is 10.1. The maximum Gasteiger partial charge on any atom is 0.161 e. The Labute approximate surface area is 118 Å². The van der Waals surface area contributed by atoms with Crippen LogP contribution in [0.15, 0.2) is 24.4 Å². The lowest BCUT2D eigenvalue weighted by Gasteiger charge is -2.15. The number of hydrogen-bond acceptors (Lipinski definition) is 4. The van der Waals surface area contributed by atoms with Gasteiger partial charge in [0, 0.05) is 13.5 Å². The molecule has 1 aromatic heterocycles. The van der Waals surface area contributed by atoms with Crippen molar-refractivity contribution in [3.63, 3.8) is 0 Å². The second-order valence-electron chi connectivity index (χ2n) is 4.53. The number of imidazole rings is 1. The van der Waals surface area contributed by atoms with Gasteiger partial charge in [-0.2, -0.15) is 0 Å². The number of aryl methyl sites for hydroxylation is 1. The van der Waals surface area contributed by atoms with Crippen molar-refractivity contribution in [1.29, 1.82) is 0 Å². The summed E-state index contributed by atoms with van der Waals surface area (Å²) < 4.78 is 12.4.